The Hall–Kier alpha value is -0.770. The fourth-order valence-electron chi connectivity index (χ4n) is 1.67. The van der Waals surface area contributed by atoms with Gasteiger partial charge in [-0.2, -0.15) is 0 Å². The Labute approximate surface area is 85.6 Å². The fraction of sp³-hybridized carbons (Fsp3) is 0.900. The molecule has 1 aliphatic heterocycles. The summed E-state index contributed by atoms with van der Waals surface area (Å²) in [4.78, 5) is 13.3. The highest BCUT2D eigenvalue weighted by atomic mass is 16.6. The van der Waals surface area contributed by atoms with Gasteiger partial charge < -0.3 is 15.0 Å². The molecule has 2 unspecified atom stereocenters. The van der Waals surface area contributed by atoms with E-state index in [-0.39, 0.29) is 12.1 Å². The maximum atomic E-state index is 11.4. The average molecular weight is 200 g/mol. The second kappa shape index (κ2) is 5.20. The van der Waals surface area contributed by atoms with E-state index in [0.29, 0.717) is 12.5 Å². The van der Waals surface area contributed by atoms with Gasteiger partial charge in [-0.3, -0.25) is 0 Å². The van der Waals surface area contributed by atoms with Gasteiger partial charge in [0.05, 0.1) is 6.61 Å². The van der Waals surface area contributed by atoms with Crippen molar-refractivity contribution in [3.05, 3.63) is 0 Å². The van der Waals surface area contributed by atoms with Crippen LogP contribution < -0.4 is 5.32 Å². The average Bonchev–Trinajstić information content (AvgIpc) is 2.20. The van der Waals surface area contributed by atoms with Crippen molar-refractivity contribution in [2.24, 2.45) is 5.92 Å². The molecule has 14 heavy (non-hydrogen) atoms. The summed E-state index contributed by atoms with van der Waals surface area (Å²) in [5.74, 6) is 0.423. The SMILES string of the molecule is CCC(C)N1CC(CNC)COC1=O. The lowest BCUT2D eigenvalue weighted by atomic mass is 10.1. The van der Waals surface area contributed by atoms with Crippen molar-refractivity contribution in [2.75, 3.05) is 26.7 Å². The first kappa shape index (κ1) is 11.3. The first-order chi connectivity index (χ1) is 6.69. The van der Waals surface area contributed by atoms with E-state index >= 15 is 0 Å². The molecule has 1 heterocycles. The number of nitrogens with one attached hydrogen (secondary N) is 1. The molecule has 0 saturated carbocycles. The highest BCUT2D eigenvalue weighted by Crippen LogP contribution is 2.15. The molecule has 1 N–H and O–H groups in total. The Morgan fingerprint density at radius 3 is 3.00 bits per heavy atom. The second-order valence-electron chi connectivity index (χ2n) is 3.91. The third-order valence-corrected chi connectivity index (χ3v) is 2.75. The van der Waals surface area contributed by atoms with Gasteiger partial charge >= 0.3 is 6.09 Å². The smallest absolute Gasteiger partial charge is 0.410 e. The van der Waals surface area contributed by atoms with E-state index < -0.39 is 0 Å². The first-order valence-electron chi connectivity index (χ1n) is 5.27. The van der Waals surface area contributed by atoms with Crippen LogP contribution in [0.5, 0.6) is 0 Å². The van der Waals surface area contributed by atoms with Crippen LogP contribution >= 0.6 is 0 Å². The monoisotopic (exact) mass is 200 g/mol. The van der Waals surface area contributed by atoms with Crippen LogP contribution in [0.3, 0.4) is 0 Å². The molecule has 1 aliphatic rings. The lowest BCUT2D eigenvalue weighted by Gasteiger charge is -2.35. The summed E-state index contributed by atoms with van der Waals surface area (Å²) in [5, 5.41) is 3.11. The number of carbonyl (C=O) groups is 1. The highest BCUT2D eigenvalue weighted by molar-refractivity contribution is 5.68. The number of hydrogen-bond acceptors (Lipinski definition) is 3. The molecule has 0 bridgehead atoms. The molecule has 4 nitrogen and oxygen atoms in total. The van der Waals surface area contributed by atoms with Gasteiger partial charge in [-0.25, -0.2) is 4.79 Å². The molecular formula is C10H20N2O2. The van der Waals surface area contributed by atoms with Crippen LogP contribution in [0.4, 0.5) is 4.79 Å². The molecule has 0 aromatic carbocycles. The van der Waals surface area contributed by atoms with E-state index in [2.05, 4.69) is 19.2 Å². The summed E-state index contributed by atoms with van der Waals surface area (Å²) in [5.41, 5.74) is 0. The van der Waals surface area contributed by atoms with Crippen LogP contribution in [0.25, 0.3) is 0 Å². The quantitative estimate of drug-likeness (QED) is 0.738. The maximum Gasteiger partial charge on any atom is 0.410 e. The van der Waals surface area contributed by atoms with Gasteiger partial charge in [-0.05, 0) is 20.4 Å². The highest BCUT2D eigenvalue weighted by Gasteiger charge is 2.29. The molecule has 4 heteroatoms. The van der Waals surface area contributed by atoms with E-state index in [1.807, 2.05) is 11.9 Å². The van der Waals surface area contributed by atoms with Gasteiger partial charge in [-0.1, -0.05) is 6.92 Å². The molecule has 1 fully saturated rings. The van der Waals surface area contributed by atoms with E-state index in [1.165, 1.54) is 0 Å². The molecule has 0 aromatic heterocycles. The van der Waals surface area contributed by atoms with Crippen molar-refractivity contribution in [3.8, 4) is 0 Å². The zero-order chi connectivity index (χ0) is 10.6. The zero-order valence-corrected chi connectivity index (χ0v) is 9.25. The van der Waals surface area contributed by atoms with Gasteiger partial charge in [0.15, 0.2) is 0 Å². The van der Waals surface area contributed by atoms with Gasteiger partial charge in [0.2, 0.25) is 0 Å². The lowest BCUT2D eigenvalue weighted by Crippen LogP contribution is -2.49. The summed E-state index contributed by atoms with van der Waals surface area (Å²) >= 11 is 0. The molecule has 1 saturated heterocycles. The fourth-order valence-corrected chi connectivity index (χ4v) is 1.67. The number of nitrogens with zero attached hydrogens (tertiary/aromatic N) is 1. The van der Waals surface area contributed by atoms with Crippen molar-refractivity contribution >= 4 is 6.09 Å². The molecular weight excluding hydrogens is 180 g/mol. The third kappa shape index (κ3) is 2.61. The van der Waals surface area contributed by atoms with Crippen molar-refractivity contribution in [1.29, 1.82) is 0 Å². The van der Waals surface area contributed by atoms with Crippen LogP contribution in [0, 0.1) is 5.92 Å². The largest absolute Gasteiger partial charge is 0.449 e. The Morgan fingerprint density at radius 2 is 2.43 bits per heavy atom. The summed E-state index contributed by atoms with van der Waals surface area (Å²) < 4.78 is 5.13. The third-order valence-electron chi connectivity index (χ3n) is 2.75. The Kier molecular flexibility index (Phi) is 4.20. The Morgan fingerprint density at radius 1 is 1.71 bits per heavy atom. The van der Waals surface area contributed by atoms with E-state index in [0.717, 1.165) is 19.5 Å². The molecule has 82 valence electrons. The molecule has 2 atom stereocenters. The predicted molar refractivity (Wildman–Crippen MR) is 55.2 cm³/mol. The van der Waals surface area contributed by atoms with Crippen LogP contribution in [-0.2, 0) is 4.74 Å². The van der Waals surface area contributed by atoms with Crippen molar-refractivity contribution in [1.82, 2.24) is 10.2 Å². The van der Waals surface area contributed by atoms with Crippen molar-refractivity contribution in [3.63, 3.8) is 0 Å². The number of cyclic esters (lactones) is 1. The number of rotatable bonds is 4. The minimum Gasteiger partial charge on any atom is -0.449 e. The van der Waals surface area contributed by atoms with E-state index in [4.69, 9.17) is 4.74 Å². The predicted octanol–water partition coefficient (Wildman–Crippen LogP) is 1.07. The van der Waals surface area contributed by atoms with E-state index in [1.54, 1.807) is 0 Å². The zero-order valence-electron chi connectivity index (χ0n) is 9.25. The van der Waals surface area contributed by atoms with Crippen molar-refractivity contribution in [2.45, 2.75) is 26.3 Å². The molecule has 1 rings (SSSR count). The molecule has 0 aliphatic carbocycles. The summed E-state index contributed by atoms with van der Waals surface area (Å²) in [7, 11) is 1.92. The Balaban J connectivity index is 2.50. The van der Waals surface area contributed by atoms with E-state index in [9.17, 15) is 4.79 Å². The van der Waals surface area contributed by atoms with Crippen LogP contribution in [0.1, 0.15) is 20.3 Å². The van der Waals surface area contributed by atoms with Gasteiger partial charge in [0.1, 0.15) is 0 Å². The number of carbonyl (C=O) groups excluding carboxylic acids is 1. The van der Waals surface area contributed by atoms with Gasteiger partial charge in [-0.15, -0.1) is 0 Å². The standard InChI is InChI=1S/C10H20N2O2/c1-4-8(2)12-6-9(5-11-3)7-14-10(12)13/h8-9,11H,4-7H2,1-3H3. The summed E-state index contributed by atoms with van der Waals surface area (Å²) in [6.07, 6.45) is 0.813. The minimum atomic E-state index is -0.160. The van der Waals surface area contributed by atoms with Crippen LogP contribution in [0.15, 0.2) is 0 Å². The summed E-state index contributed by atoms with van der Waals surface area (Å²) in [6.45, 7) is 6.41. The van der Waals surface area contributed by atoms with Crippen molar-refractivity contribution < 1.29 is 9.53 Å². The topological polar surface area (TPSA) is 41.6 Å². The first-order valence-corrected chi connectivity index (χ1v) is 5.27. The molecule has 0 spiro atoms. The van der Waals surface area contributed by atoms with Gasteiger partial charge in [0.25, 0.3) is 0 Å². The Bertz CT molecular complexity index is 197. The maximum absolute atomic E-state index is 11.4. The minimum absolute atomic E-state index is 0.160. The second-order valence-corrected chi connectivity index (χ2v) is 3.91. The van der Waals surface area contributed by atoms with Gasteiger partial charge in [0, 0.05) is 25.0 Å². The lowest BCUT2D eigenvalue weighted by molar-refractivity contribution is 0.0290. The number of ether oxygens (including phenoxy) is 1. The summed E-state index contributed by atoms with van der Waals surface area (Å²) in [6, 6.07) is 0.280. The molecule has 0 aromatic rings. The molecule has 1 amide bonds. The molecule has 0 radical (unpaired) electrons. The number of hydrogen-bond donors (Lipinski definition) is 1. The normalized spacial score (nSPS) is 24.6. The van der Waals surface area contributed by atoms with Crippen LogP contribution in [-0.4, -0.2) is 43.8 Å². The number of amides is 1. The van der Waals surface area contributed by atoms with Crippen LogP contribution in [0.2, 0.25) is 0 Å².